The van der Waals surface area contributed by atoms with Gasteiger partial charge in [-0.2, -0.15) is 0 Å². The lowest BCUT2D eigenvalue weighted by Crippen LogP contribution is -2.55. The summed E-state index contributed by atoms with van der Waals surface area (Å²) in [6.07, 6.45) is 5.65. The van der Waals surface area contributed by atoms with Crippen LogP contribution in [-0.4, -0.2) is 30.3 Å². The van der Waals surface area contributed by atoms with Gasteiger partial charge < -0.3 is 14.8 Å². The number of amides is 1. The zero-order valence-corrected chi connectivity index (χ0v) is 16.4. The van der Waals surface area contributed by atoms with Crippen molar-refractivity contribution in [3.05, 3.63) is 41.7 Å². The van der Waals surface area contributed by atoms with Gasteiger partial charge in [-0.05, 0) is 44.2 Å². The van der Waals surface area contributed by atoms with Crippen LogP contribution in [0.2, 0.25) is 0 Å². The molecule has 1 N–H and O–H groups in total. The molecule has 5 atom stereocenters. The summed E-state index contributed by atoms with van der Waals surface area (Å²) in [5, 5.41) is 2.80. The quantitative estimate of drug-likeness (QED) is 0.823. The average Bonchev–Trinajstić information content (AvgIpc) is 2.59. The molecule has 1 aliphatic heterocycles. The van der Waals surface area contributed by atoms with Crippen molar-refractivity contribution in [2.45, 2.75) is 46.8 Å². The summed E-state index contributed by atoms with van der Waals surface area (Å²) in [5.41, 5.74) is 2.26. The molecule has 0 spiro atoms. The number of rotatable bonds is 4. The monoisotopic (exact) mass is 358 g/mol. The third-order valence-corrected chi connectivity index (χ3v) is 6.14. The average molecular weight is 358 g/mol. The highest BCUT2D eigenvalue weighted by molar-refractivity contribution is 5.67. The Bertz CT molecular complexity index is 673. The van der Waals surface area contributed by atoms with E-state index in [0.29, 0.717) is 19.1 Å². The molecular formula is C21H30N2O3. The third-order valence-electron chi connectivity index (χ3n) is 6.14. The highest BCUT2D eigenvalue weighted by Gasteiger charge is 2.54. The van der Waals surface area contributed by atoms with Gasteiger partial charge in [-0.3, -0.25) is 4.98 Å². The number of aromatic nitrogens is 1. The molecule has 0 saturated carbocycles. The number of allylic oxidation sites excluding steroid dienone is 1. The molecule has 1 saturated heterocycles. The third kappa shape index (κ3) is 3.37. The second-order valence-electron chi connectivity index (χ2n) is 8.14. The molecule has 1 fully saturated rings. The van der Waals surface area contributed by atoms with Gasteiger partial charge in [0.1, 0.15) is 6.61 Å². The minimum absolute atomic E-state index is 0.0000607. The molecule has 2 heterocycles. The molecule has 5 unspecified atom stereocenters. The first-order valence-corrected chi connectivity index (χ1v) is 9.48. The van der Waals surface area contributed by atoms with Gasteiger partial charge in [0.25, 0.3) is 0 Å². The molecule has 3 rings (SSSR count). The molecule has 2 bridgehead atoms. The van der Waals surface area contributed by atoms with E-state index >= 15 is 0 Å². The predicted molar refractivity (Wildman–Crippen MR) is 101 cm³/mol. The SMILES string of the molecule is CC1=CC(C)C2(COC(=O)NC(C)C)COC(c3cccnc3)C1C2C. The summed E-state index contributed by atoms with van der Waals surface area (Å²) in [6, 6.07) is 4.10. The van der Waals surface area contributed by atoms with Crippen molar-refractivity contribution in [2.24, 2.45) is 23.2 Å². The molecular weight excluding hydrogens is 328 g/mol. The summed E-state index contributed by atoms with van der Waals surface area (Å²) < 4.78 is 12.0. The maximum absolute atomic E-state index is 12.0. The van der Waals surface area contributed by atoms with Crippen LogP contribution in [0.15, 0.2) is 36.2 Å². The van der Waals surface area contributed by atoms with Gasteiger partial charge in [0.05, 0.1) is 12.7 Å². The van der Waals surface area contributed by atoms with Gasteiger partial charge >= 0.3 is 6.09 Å². The molecule has 1 amide bonds. The Kier molecular flexibility index (Phi) is 5.37. The summed E-state index contributed by atoms with van der Waals surface area (Å²) >= 11 is 0. The normalized spacial score (nSPS) is 33.5. The van der Waals surface area contributed by atoms with E-state index in [1.54, 1.807) is 6.20 Å². The number of hydrogen-bond donors (Lipinski definition) is 1. The van der Waals surface area contributed by atoms with E-state index in [4.69, 9.17) is 9.47 Å². The van der Waals surface area contributed by atoms with Crippen LogP contribution in [0.1, 0.15) is 46.3 Å². The Morgan fingerprint density at radius 1 is 1.46 bits per heavy atom. The van der Waals surface area contributed by atoms with Crippen molar-refractivity contribution in [1.29, 1.82) is 0 Å². The van der Waals surface area contributed by atoms with E-state index in [2.05, 4.69) is 43.2 Å². The van der Waals surface area contributed by atoms with Crippen molar-refractivity contribution in [1.82, 2.24) is 10.3 Å². The van der Waals surface area contributed by atoms with Gasteiger partial charge in [0.2, 0.25) is 0 Å². The van der Waals surface area contributed by atoms with Gasteiger partial charge in [-0.1, -0.05) is 31.6 Å². The number of carbonyl (C=O) groups excluding carboxylic acids is 1. The van der Waals surface area contributed by atoms with Crippen molar-refractivity contribution < 1.29 is 14.3 Å². The van der Waals surface area contributed by atoms with E-state index in [9.17, 15) is 4.79 Å². The van der Waals surface area contributed by atoms with Crippen molar-refractivity contribution in [2.75, 3.05) is 13.2 Å². The fourth-order valence-electron chi connectivity index (χ4n) is 4.58. The Balaban J connectivity index is 1.84. The molecule has 142 valence electrons. The molecule has 0 radical (unpaired) electrons. The van der Waals surface area contributed by atoms with E-state index in [1.807, 2.05) is 26.1 Å². The smallest absolute Gasteiger partial charge is 0.407 e. The van der Waals surface area contributed by atoms with E-state index in [-0.39, 0.29) is 35.5 Å². The summed E-state index contributed by atoms with van der Waals surface area (Å²) in [7, 11) is 0. The lowest BCUT2D eigenvalue weighted by molar-refractivity contribution is -0.165. The summed E-state index contributed by atoms with van der Waals surface area (Å²) in [4.78, 5) is 16.3. The van der Waals surface area contributed by atoms with Crippen molar-refractivity contribution in [3.63, 3.8) is 0 Å². The Morgan fingerprint density at radius 3 is 2.88 bits per heavy atom. The molecule has 0 aromatic carbocycles. The number of nitrogens with zero attached hydrogens (tertiary/aromatic N) is 1. The van der Waals surface area contributed by atoms with E-state index < -0.39 is 0 Å². The maximum atomic E-state index is 12.0. The predicted octanol–water partition coefficient (Wildman–Crippen LogP) is 4.12. The molecule has 2 aliphatic rings. The van der Waals surface area contributed by atoms with E-state index in [0.717, 1.165) is 5.56 Å². The summed E-state index contributed by atoms with van der Waals surface area (Å²) in [6.45, 7) is 11.5. The number of alkyl carbamates (subject to hydrolysis) is 1. The molecule has 1 aromatic heterocycles. The second kappa shape index (κ2) is 7.39. The molecule has 5 nitrogen and oxygen atoms in total. The highest BCUT2D eigenvalue weighted by Crippen LogP contribution is 2.56. The number of ether oxygens (including phenoxy) is 2. The molecule has 1 aromatic rings. The van der Waals surface area contributed by atoms with Crippen LogP contribution in [0.5, 0.6) is 0 Å². The topological polar surface area (TPSA) is 60.5 Å². The van der Waals surface area contributed by atoms with E-state index in [1.165, 1.54) is 5.57 Å². The van der Waals surface area contributed by atoms with Gasteiger partial charge in [-0.15, -0.1) is 0 Å². The first-order valence-electron chi connectivity index (χ1n) is 9.48. The molecule has 26 heavy (non-hydrogen) atoms. The lowest BCUT2D eigenvalue weighted by Gasteiger charge is -2.55. The molecule has 5 heteroatoms. The Hall–Kier alpha value is -1.88. The standard InChI is InChI=1S/C21H30N2O3/c1-13(2)23-20(24)26-12-21-11-25-19(17-7-6-8-22-10-17)18(16(21)5)14(3)9-15(21)4/h6-10,13,15-16,18-19H,11-12H2,1-5H3,(H,23,24). The van der Waals surface area contributed by atoms with Gasteiger partial charge in [-0.25, -0.2) is 4.79 Å². The van der Waals surface area contributed by atoms with Crippen LogP contribution in [0.3, 0.4) is 0 Å². The number of nitrogens with one attached hydrogen (secondary N) is 1. The fraction of sp³-hybridized carbons (Fsp3) is 0.619. The maximum Gasteiger partial charge on any atom is 0.407 e. The Morgan fingerprint density at radius 2 is 2.23 bits per heavy atom. The Labute approximate surface area is 156 Å². The largest absolute Gasteiger partial charge is 0.449 e. The van der Waals surface area contributed by atoms with Crippen LogP contribution < -0.4 is 5.32 Å². The number of hydrogen-bond acceptors (Lipinski definition) is 4. The van der Waals surface area contributed by atoms with Crippen LogP contribution in [0.25, 0.3) is 0 Å². The van der Waals surface area contributed by atoms with Gasteiger partial charge in [0, 0.05) is 29.8 Å². The minimum atomic E-state index is -0.356. The van der Waals surface area contributed by atoms with Crippen LogP contribution in [0.4, 0.5) is 4.79 Å². The second-order valence-corrected chi connectivity index (χ2v) is 8.14. The fourth-order valence-corrected chi connectivity index (χ4v) is 4.58. The number of pyridine rings is 1. The first kappa shape index (κ1) is 18.9. The highest BCUT2D eigenvalue weighted by atomic mass is 16.6. The molecule has 1 aliphatic carbocycles. The van der Waals surface area contributed by atoms with Crippen LogP contribution >= 0.6 is 0 Å². The van der Waals surface area contributed by atoms with Crippen molar-refractivity contribution in [3.8, 4) is 0 Å². The first-order chi connectivity index (χ1) is 12.3. The lowest BCUT2D eigenvalue weighted by atomic mass is 9.56. The zero-order chi connectivity index (χ0) is 18.9. The van der Waals surface area contributed by atoms with Crippen LogP contribution in [-0.2, 0) is 9.47 Å². The zero-order valence-electron chi connectivity index (χ0n) is 16.4. The van der Waals surface area contributed by atoms with Crippen LogP contribution in [0, 0.1) is 23.2 Å². The van der Waals surface area contributed by atoms with Gasteiger partial charge in [0.15, 0.2) is 0 Å². The number of carbonyl (C=O) groups is 1. The van der Waals surface area contributed by atoms with Crippen molar-refractivity contribution >= 4 is 6.09 Å². The minimum Gasteiger partial charge on any atom is -0.449 e. The number of fused-ring (bicyclic) bond motifs is 2. The summed E-state index contributed by atoms with van der Waals surface area (Å²) in [5.74, 6) is 0.893.